The number of nitrogens with two attached hydrogens (primary N) is 1. The molecule has 0 heterocycles. The zero-order chi connectivity index (χ0) is 10.3. The molecule has 13 heavy (non-hydrogen) atoms. The second-order valence-electron chi connectivity index (χ2n) is 3.94. The minimum atomic E-state index is -0.619. The predicted molar refractivity (Wildman–Crippen MR) is 57.6 cm³/mol. The summed E-state index contributed by atoms with van der Waals surface area (Å²) >= 11 is 0. The lowest BCUT2D eigenvalue weighted by molar-refractivity contribution is -0.0213. The summed E-state index contributed by atoms with van der Waals surface area (Å²) in [6, 6.07) is 0. The van der Waals surface area contributed by atoms with Gasteiger partial charge in [-0.25, -0.2) is 0 Å². The standard InChI is InChI=1S/C11H25NO/c1-4-7-10(8-5-2)11(13,6-3)9-12/h10,13H,4-9,12H2,1-3H3/t11-/m1/s1. The fraction of sp³-hybridized carbons (Fsp3) is 1.00. The molecule has 0 saturated heterocycles. The second kappa shape index (κ2) is 6.39. The van der Waals surface area contributed by atoms with Gasteiger partial charge in [0.05, 0.1) is 5.60 Å². The van der Waals surface area contributed by atoms with Crippen molar-refractivity contribution in [1.29, 1.82) is 0 Å². The molecular weight excluding hydrogens is 162 g/mol. The van der Waals surface area contributed by atoms with Crippen LogP contribution in [0.15, 0.2) is 0 Å². The Labute approximate surface area is 82.5 Å². The van der Waals surface area contributed by atoms with Crippen molar-refractivity contribution < 1.29 is 5.11 Å². The average molecular weight is 187 g/mol. The quantitative estimate of drug-likeness (QED) is 0.642. The molecule has 0 aliphatic rings. The Morgan fingerprint density at radius 3 is 1.85 bits per heavy atom. The third-order valence-electron chi connectivity index (χ3n) is 3.00. The molecule has 0 aliphatic heterocycles. The Bertz CT molecular complexity index is 115. The highest BCUT2D eigenvalue weighted by atomic mass is 16.3. The van der Waals surface area contributed by atoms with Crippen molar-refractivity contribution in [1.82, 2.24) is 0 Å². The fourth-order valence-electron chi connectivity index (χ4n) is 1.98. The summed E-state index contributed by atoms with van der Waals surface area (Å²) in [6.45, 7) is 6.74. The van der Waals surface area contributed by atoms with Crippen LogP contribution in [-0.4, -0.2) is 17.3 Å². The van der Waals surface area contributed by atoms with Crippen molar-refractivity contribution in [3.05, 3.63) is 0 Å². The van der Waals surface area contributed by atoms with E-state index < -0.39 is 5.60 Å². The van der Waals surface area contributed by atoms with Gasteiger partial charge in [0.2, 0.25) is 0 Å². The zero-order valence-corrected chi connectivity index (χ0v) is 9.34. The van der Waals surface area contributed by atoms with Gasteiger partial charge in [-0.3, -0.25) is 0 Å². The summed E-state index contributed by atoms with van der Waals surface area (Å²) in [5.74, 6) is 0.387. The van der Waals surface area contributed by atoms with Crippen LogP contribution in [-0.2, 0) is 0 Å². The van der Waals surface area contributed by atoms with Gasteiger partial charge in [0.25, 0.3) is 0 Å². The van der Waals surface area contributed by atoms with Crippen LogP contribution in [0.3, 0.4) is 0 Å². The number of hydrogen-bond donors (Lipinski definition) is 2. The van der Waals surface area contributed by atoms with Gasteiger partial charge in [0.1, 0.15) is 0 Å². The minimum absolute atomic E-state index is 0.387. The molecular formula is C11H25NO. The smallest absolute Gasteiger partial charge is 0.0794 e. The normalized spacial score (nSPS) is 16.2. The van der Waals surface area contributed by atoms with Crippen LogP contribution < -0.4 is 5.73 Å². The molecule has 0 bridgehead atoms. The van der Waals surface area contributed by atoms with E-state index in [1.807, 2.05) is 6.92 Å². The van der Waals surface area contributed by atoms with E-state index in [2.05, 4.69) is 13.8 Å². The highest BCUT2D eigenvalue weighted by Crippen LogP contribution is 2.28. The number of rotatable bonds is 7. The zero-order valence-electron chi connectivity index (χ0n) is 9.34. The highest BCUT2D eigenvalue weighted by molar-refractivity contribution is 4.85. The number of aliphatic hydroxyl groups is 1. The van der Waals surface area contributed by atoms with Crippen LogP contribution in [0.5, 0.6) is 0 Å². The number of hydrogen-bond acceptors (Lipinski definition) is 2. The molecule has 0 aromatic rings. The summed E-state index contributed by atoms with van der Waals surface area (Å²) in [5, 5.41) is 10.2. The molecule has 0 rings (SSSR count). The van der Waals surface area contributed by atoms with E-state index in [4.69, 9.17) is 5.73 Å². The van der Waals surface area contributed by atoms with Crippen molar-refractivity contribution >= 4 is 0 Å². The van der Waals surface area contributed by atoms with Gasteiger partial charge in [0.15, 0.2) is 0 Å². The van der Waals surface area contributed by atoms with Crippen LogP contribution in [0.25, 0.3) is 0 Å². The molecule has 0 unspecified atom stereocenters. The largest absolute Gasteiger partial charge is 0.388 e. The molecule has 80 valence electrons. The Hall–Kier alpha value is -0.0800. The van der Waals surface area contributed by atoms with E-state index in [-0.39, 0.29) is 0 Å². The molecule has 2 nitrogen and oxygen atoms in total. The molecule has 0 spiro atoms. The first-order valence-corrected chi connectivity index (χ1v) is 5.57. The van der Waals surface area contributed by atoms with Gasteiger partial charge in [-0.2, -0.15) is 0 Å². The lowest BCUT2D eigenvalue weighted by Gasteiger charge is -2.34. The van der Waals surface area contributed by atoms with E-state index in [0.29, 0.717) is 12.5 Å². The molecule has 0 radical (unpaired) electrons. The maximum absolute atomic E-state index is 10.2. The van der Waals surface area contributed by atoms with Crippen molar-refractivity contribution in [3.63, 3.8) is 0 Å². The predicted octanol–water partition coefficient (Wildman–Crippen LogP) is 2.30. The summed E-state index contributed by atoms with van der Waals surface area (Å²) in [7, 11) is 0. The Kier molecular flexibility index (Phi) is 6.35. The van der Waals surface area contributed by atoms with Gasteiger partial charge >= 0.3 is 0 Å². The SMILES string of the molecule is CCCC(CCC)[C@@](O)(CC)CN. The summed E-state index contributed by atoms with van der Waals surface area (Å²) in [5.41, 5.74) is 5.01. The Morgan fingerprint density at radius 2 is 1.62 bits per heavy atom. The summed E-state index contributed by atoms with van der Waals surface area (Å²) in [6.07, 6.45) is 5.22. The van der Waals surface area contributed by atoms with Gasteiger partial charge in [0, 0.05) is 6.54 Å². The Balaban J connectivity index is 4.28. The van der Waals surface area contributed by atoms with Crippen LogP contribution in [0.2, 0.25) is 0 Å². The van der Waals surface area contributed by atoms with Gasteiger partial charge in [-0.05, 0) is 25.2 Å². The van der Waals surface area contributed by atoms with Crippen LogP contribution in [0.1, 0.15) is 52.9 Å². The molecule has 0 aromatic heterocycles. The van der Waals surface area contributed by atoms with E-state index in [0.717, 1.165) is 32.1 Å². The fourth-order valence-corrected chi connectivity index (χ4v) is 1.98. The van der Waals surface area contributed by atoms with E-state index in [1.165, 1.54) is 0 Å². The maximum atomic E-state index is 10.2. The van der Waals surface area contributed by atoms with E-state index >= 15 is 0 Å². The molecule has 0 aromatic carbocycles. The lowest BCUT2D eigenvalue weighted by atomic mass is 9.79. The average Bonchev–Trinajstić information content (AvgIpc) is 2.16. The third kappa shape index (κ3) is 3.65. The molecule has 2 heteroatoms. The highest BCUT2D eigenvalue weighted by Gasteiger charge is 2.31. The first-order valence-electron chi connectivity index (χ1n) is 5.57. The summed E-state index contributed by atoms with van der Waals surface area (Å²) < 4.78 is 0. The Morgan fingerprint density at radius 1 is 1.15 bits per heavy atom. The molecule has 0 saturated carbocycles. The monoisotopic (exact) mass is 187 g/mol. The van der Waals surface area contributed by atoms with Crippen molar-refractivity contribution in [2.75, 3.05) is 6.54 Å². The first-order chi connectivity index (χ1) is 6.14. The second-order valence-corrected chi connectivity index (χ2v) is 3.94. The van der Waals surface area contributed by atoms with E-state index in [9.17, 15) is 5.11 Å². The first kappa shape index (κ1) is 12.9. The van der Waals surface area contributed by atoms with Crippen molar-refractivity contribution in [2.24, 2.45) is 11.7 Å². The molecule has 1 atom stereocenters. The topological polar surface area (TPSA) is 46.2 Å². The molecule has 0 amide bonds. The lowest BCUT2D eigenvalue weighted by Crippen LogP contribution is -2.44. The minimum Gasteiger partial charge on any atom is -0.388 e. The van der Waals surface area contributed by atoms with Crippen molar-refractivity contribution in [3.8, 4) is 0 Å². The van der Waals surface area contributed by atoms with E-state index in [1.54, 1.807) is 0 Å². The van der Waals surface area contributed by atoms with Gasteiger partial charge < -0.3 is 10.8 Å². The van der Waals surface area contributed by atoms with Gasteiger partial charge in [-0.15, -0.1) is 0 Å². The summed E-state index contributed by atoms with van der Waals surface area (Å²) in [4.78, 5) is 0. The third-order valence-corrected chi connectivity index (χ3v) is 3.00. The van der Waals surface area contributed by atoms with Gasteiger partial charge in [-0.1, -0.05) is 33.6 Å². The molecule has 0 aliphatic carbocycles. The molecule has 0 fully saturated rings. The molecule has 3 N–H and O–H groups in total. The van der Waals surface area contributed by atoms with Crippen LogP contribution in [0, 0.1) is 5.92 Å². The van der Waals surface area contributed by atoms with Crippen LogP contribution >= 0.6 is 0 Å². The maximum Gasteiger partial charge on any atom is 0.0794 e. The van der Waals surface area contributed by atoms with Crippen LogP contribution in [0.4, 0.5) is 0 Å². The van der Waals surface area contributed by atoms with Crippen molar-refractivity contribution in [2.45, 2.75) is 58.5 Å².